The molecule has 0 amide bonds. The Morgan fingerprint density at radius 3 is 3.00 bits per heavy atom. The van der Waals surface area contributed by atoms with Gasteiger partial charge in [0.25, 0.3) is 5.89 Å². The lowest BCUT2D eigenvalue weighted by atomic mass is 9.99. The zero-order valence-corrected chi connectivity index (χ0v) is 12.0. The number of methoxy groups -OCH3 is 1. The number of hydrogen-bond donors (Lipinski definition) is 0. The SMILES string of the molecule is COC(C)(c1noc(-c2ccc3nccn3c2)n1)C1CC1. The first-order valence-corrected chi connectivity index (χ1v) is 7.03. The van der Waals surface area contributed by atoms with Gasteiger partial charge in [0.05, 0.1) is 5.56 Å². The first kappa shape index (κ1) is 12.5. The predicted molar refractivity (Wildman–Crippen MR) is 75.6 cm³/mol. The molecule has 1 fully saturated rings. The van der Waals surface area contributed by atoms with Crippen molar-refractivity contribution in [1.29, 1.82) is 0 Å². The standard InChI is InChI=1S/C15H16N4O2/c1-15(20-2,11-4-5-11)14-17-13(21-18-14)10-3-6-12-16-7-8-19(12)9-10/h3,6-9,11H,4-5H2,1-2H3. The molecule has 0 bridgehead atoms. The van der Waals surface area contributed by atoms with E-state index in [4.69, 9.17) is 9.26 Å². The summed E-state index contributed by atoms with van der Waals surface area (Å²) < 4.78 is 13.0. The summed E-state index contributed by atoms with van der Waals surface area (Å²) in [6, 6.07) is 3.86. The van der Waals surface area contributed by atoms with E-state index in [1.807, 2.05) is 35.9 Å². The lowest BCUT2D eigenvalue weighted by Gasteiger charge is -2.23. The molecule has 3 aromatic heterocycles. The third-order valence-corrected chi connectivity index (χ3v) is 4.29. The van der Waals surface area contributed by atoms with Gasteiger partial charge in [-0.1, -0.05) is 5.16 Å². The molecule has 0 saturated heterocycles. The van der Waals surface area contributed by atoms with Crippen LogP contribution in [0.3, 0.4) is 0 Å². The highest BCUT2D eigenvalue weighted by Crippen LogP contribution is 2.46. The van der Waals surface area contributed by atoms with Crippen molar-refractivity contribution in [2.75, 3.05) is 7.11 Å². The van der Waals surface area contributed by atoms with Crippen LogP contribution in [-0.2, 0) is 10.3 Å². The van der Waals surface area contributed by atoms with Crippen LogP contribution in [0.25, 0.3) is 17.1 Å². The fourth-order valence-electron chi connectivity index (χ4n) is 2.66. The van der Waals surface area contributed by atoms with Crippen molar-refractivity contribution in [1.82, 2.24) is 19.5 Å². The van der Waals surface area contributed by atoms with Crippen molar-refractivity contribution >= 4 is 5.65 Å². The van der Waals surface area contributed by atoms with E-state index in [0.29, 0.717) is 17.6 Å². The molecular formula is C15H16N4O2. The van der Waals surface area contributed by atoms with E-state index < -0.39 is 5.60 Å². The number of aromatic nitrogens is 4. The molecule has 3 heterocycles. The highest BCUT2D eigenvalue weighted by Gasteiger charge is 2.46. The Kier molecular flexibility index (Phi) is 2.62. The van der Waals surface area contributed by atoms with Crippen LogP contribution in [0, 0.1) is 5.92 Å². The molecule has 0 N–H and O–H groups in total. The van der Waals surface area contributed by atoms with Crippen LogP contribution in [0.15, 0.2) is 35.2 Å². The third kappa shape index (κ3) is 1.94. The Bertz CT molecular complexity index is 790. The third-order valence-electron chi connectivity index (χ3n) is 4.29. The van der Waals surface area contributed by atoms with E-state index in [1.54, 1.807) is 13.3 Å². The highest BCUT2D eigenvalue weighted by atomic mass is 16.5. The van der Waals surface area contributed by atoms with Crippen molar-refractivity contribution in [2.24, 2.45) is 5.92 Å². The summed E-state index contributed by atoms with van der Waals surface area (Å²) in [6.45, 7) is 2.03. The molecule has 1 saturated carbocycles. The molecule has 1 aliphatic rings. The van der Waals surface area contributed by atoms with Gasteiger partial charge in [0, 0.05) is 25.7 Å². The number of fused-ring (bicyclic) bond motifs is 1. The van der Waals surface area contributed by atoms with Crippen molar-refractivity contribution in [3.63, 3.8) is 0 Å². The van der Waals surface area contributed by atoms with Crippen molar-refractivity contribution in [3.8, 4) is 11.5 Å². The summed E-state index contributed by atoms with van der Waals surface area (Å²) in [5.74, 6) is 1.60. The van der Waals surface area contributed by atoms with Crippen LogP contribution in [0.5, 0.6) is 0 Å². The summed E-state index contributed by atoms with van der Waals surface area (Å²) in [5.41, 5.74) is 1.30. The monoisotopic (exact) mass is 284 g/mol. The molecular weight excluding hydrogens is 268 g/mol. The number of ether oxygens (including phenoxy) is 1. The molecule has 4 rings (SSSR count). The molecule has 3 aromatic rings. The highest BCUT2D eigenvalue weighted by molar-refractivity contribution is 5.55. The molecule has 0 aliphatic heterocycles. The summed E-state index contributed by atoms with van der Waals surface area (Å²) in [4.78, 5) is 8.76. The zero-order valence-electron chi connectivity index (χ0n) is 12.0. The van der Waals surface area contributed by atoms with Gasteiger partial charge in [-0.25, -0.2) is 4.98 Å². The van der Waals surface area contributed by atoms with Crippen LogP contribution in [0.2, 0.25) is 0 Å². The van der Waals surface area contributed by atoms with E-state index in [0.717, 1.165) is 24.1 Å². The van der Waals surface area contributed by atoms with Crippen LogP contribution in [0.1, 0.15) is 25.6 Å². The molecule has 1 unspecified atom stereocenters. The number of imidazole rings is 1. The summed E-state index contributed by atoms with van der Waals surface area (Å²) in [5, 5.41) is 4.13. The van der Waals surface area contributed by atoms with Gasteiger partial charge in [0.1, 0.15) is 11.2 Å². The minimum atomic E-state index is -0.457. The first-order valence-electron chi connectivity index (χ1n) is 7.03. The zero-order chi connectivity index (χ0) is 14.4. The average Bonchev–Trinajstić information content (AvgIpc) is 3.07. The number of hydrogen-bond acceptors (Lipinski definition) is 5. The molecule has 21 heavy (non-hydrogen) atoms. The van der Waals surface area contributed by atoms with Gasteiger partial charge >= 0.3 is 0 Å². The minimum absolute atomic E-state index is 0.457. The fourth-order valence-corrected chi connectivity index (χ4v) is 2.66. The second-order valence-corrected chi connectivity index (χ2v) is 5.62. The quantitative estimate of drug-likeness (QED) is 0.737. The Labute approximate surface area is 121 Å². The van der Waals surface area contributed by atoms with Gasteiger partial charge in [-0.05, 0) is 37.8 Å². The topological polar surface area (TPSA) is 65.5 Å². The summed E-state index contributed by atoms with van der Waals surface area (Å²) in [7, 11) is 1.70. The molecule has 0 spiro atoms. The summed E-state index contributed by atoms with van der Waals surface area (Å²) >= 11 is 0. The van der Waals surface area contributed by atoms with Gasteiger partial charge < -0.3 is 13.7 Å². The smallest absolute Gasteiger partial charge is 0.259 e. The van der Waals surface area contributed by atoms with E-state index >= 15 is 0 Å². The van der Waals surface area contributed by atoms with Gasteiger partial charge in [-0.3, -0.25) is 0 Å². The lowest BCUT2D eigenvalue weighted by Crippen LogP contribution is -2.28. The molecule has 6 nitrogen and oxygen atoms in total. The maximum absolute atomic E-state index is 5.65. The Morgan fingerprint density at radius 2 is 2.24 bits per heavy atom. The largest absolute Gasteiger partial charge is 0.370 e. The molecule has 0 aromatic carbocycles. The van der Waals surface area contributed by atoms with Crippen LogP contribution < -0.4 is 0 Å². The van der Waals surface area contributed by atoms with E-state index in [-0.39, 0.29) is 0 Å². The second-order valence-electron chi connectivity index (χ2n) is 5.62. The fraction of sp³-hybridized carbons (Fsp3) is 0.400. The van der Waals surface area contributed by atoms with Gasteiger partial charge in [0.2, 0.25) is 5.82 Å². The average molecular weight is 284 g/mol. The molecule has 1 aliphatic carbocycles. The van der Waals surface area contributed by atoms with Crippen molar-refractivity contribution in [2.45, 2.75) is 25.4 Å². The molecule has 6 heteroatoms. The molecule has 0 radical (unpaired) electrons. The second kappa shape index (κ2) is 4.39. The predicted octanol–water partition coefficient (Wildman–Crippen LogP) is 2.66. The number of pyridine rings is 1. The maximum Gasteiger partial charge on any atom is 0.259 e. The Morgan fingerprint density at radius 1 is 1.38 bits per heavy atom. The van der Waals surface area contributed by atoms with Gasteiger partial charge in [-0.15, -0.1) is 0 Å². The Hall–Kier alpha value is -2.21. The van der Waals surface area contributed by atoms with E-state index in [2.05, 4.69) is 15.1 Å². The number of rotatable bonds is 4. The lowest BCUT2D eigenvalue weighted by molar-refractivity contribution is -0.0269. The minimum Gasteiger partial charge on any atom is -0.370 e. The van der Waals surface area contributed by atoms with Gasteiger partial charge in [-0.2, -0.15) is 4.98 Å². The first-order chi connectivity index (χ1) is 10.2. The van der Waals surface area contributed by atoms with E-state index in [1.165, 1.54) is 0 Å². The normalized spacial score (nSPS) is 18.0. The maximum atomic E-state index is 5.65. The van der Waals surface area contributed by atoms with Crippen molar-refractivity contribution < 1.29 is 9.26 Å². The van der Waals surface area contributed by atoms with Crippen molar-refractivity contribution in [3.05, 3.63) is 36.5 Å². The molecule has 108 valence electrons. The van der Waals surface area contributed by atoms with Crippen LogP contribution >= 0.6 is 0 Å². The summed E-state index contributed by atoms with van der Waals surface area (Å²) in [6.07, 6.45) is 7.87. The van der Waals surface area contributed by atoms with Crippen LogP contribution in [-0.4, -0.2) is 26.6 Å². The van der Waals surface area contributed by atoms with Crippen LogP contribution in [0.4, 0.5) is 0 Å². The number of nitrogens with zero attached hydrogens (tertiary/aromatic N) is 4. The van der Waals surface area contributed by atoms with E-state index in [9.17, 15) is 0 Å². The Balaban J connectivity index is 1.73. The molecule has 1 atom stereocenters. The van der Waals surface area contributed by atoms with Gasteiger partial charge in [0.15, 0.2) is 0 Å².